The van der Waals surface area contributed by atoms with Gasteiger partial charge < -0.3 is 9.84 Å². The molecule has 0 atom stereocenters. The topological polar surface area (TPSA) is 29.5 Å². The van der Waals surface area contributed by atoms with Crippen molar-refractivity contribution in [2.75, 3.05) is 0 Å². The predicted octanol–water partition coefficient (Wildman–Crippen LogP) is 6.64. The molecule has 7 heteroatoms. The molecule has 0 spiro atoms. The quantitative estimate of drug-likeness (QED) is 0.451. The number of halogens is 5. The highest BCUT2D eigenvalue weighted by atomic mass is 19.4. The average Bonchev–Trinajstić information content (AvgIpc) is 2.68. The lowest BCUT2D eigenvalue weighted by molar-refractivity contribution is -0.274. The number of hydrogen-bond acceptors (Lipinski definition) is 2. The second-order valence-electron chi connectivity index (χ2n) is 6.75. The van der Waals surface area contributed by atoms with Crippen LogP contribution in [-0.4, -0.2) is 11.5 Å². The Labute approximate surface area is 170 Å². The normalized spacial score (nSPS) is 11.6. The molecule has 0 saturated carbocycles. The molecule has 0 saturated heterocycles. The van der Waals surface area contributed by atoms with Gasteiger partial charge in [0.1, 0.15) is 17.4 Å². The van der Waals surface area contributed by atoms with Crippen LogP contribution in [-0.2, 0) is 13.0 Å². The molecule has 0 fully saturated rings. The predicted molar refractivity (Wildman–Crippen MR) is 104 cm³/mol. The smallest absolute Gasteiger partial charge is 0.406 e. The summed E-state index contributed by atoms with van der Waals surface area (Å²) in [5, 5.41) is 9.39. The molecule has 0 radical (unpaired) electrons. The molecule has 0 heterocycles. The molecule has 2 nitrogen and oxygen atoms in total. The largest absolute Gasteiger partial charge is 0.573 e. The second-order valence-corrected chi connectivity index (χ2v) is 6.75. The molecule has 0 amide bonds. The highest BCUT2D eigenvalue weighted by molar-refractivity contribution is 5.84. The Hall–Kier alpha value is -2.93. The first kappa shape index (κ1) is 21.8. The third kappa shape index (κ3) is 4.79. The lowest BCUT2D eigenvalue weighted by Crippen LogP contribution is -2.16. The van der Waals surface area contributed by atoms with Crippen LogP contribution >= 0.6 is 0 Å². The van der Waals surface area contributed by atoms with Crippen molar-refractivity contribution >= 4 is 0 Å². The molecule has 3 aromatic rings. The fourth-order valence-electron chi connectivity index (χ4n) is 3.28. The molecule has 0 aliphatic carbocycles. The van der Waals surface area contributed by atoms with E-state index in [4.69, 9.17) is 0 Å². The van der Waals surface area contributed by atoms with E-state index >= 15 is 4.39 Å². The van der Waals surface area contributed by atoms with Gasteiger partial charge in [-0.2, -0.15) is 0 Å². The highest BCUT2D eigenvalue weighted by Crippen LogP contribution is 2.38. The molecule has 0 bridgehead atoms. The van der Waals surface area contributed by atoms with E-state index in [9.17, 15) is 22.7 Å². The Balaban J connectivity index is 2.12. The fraction of sp³-hybridized carbons (Fsp3) is 0.217. The molecule has 0 aromatic heterocycles. The summed E-state index contributed by atoms with van der Waals surface area (Å²) in [6.07, 6.45) is -3.05. The van der Waals surface area contributed by atoms with E-state index in [-0.39, 0.29) is 11.1 Å². The first-order valence-corrected chi connectivity index (χ1v) is 9.30. The first-order valence-electron chi connectivity index (χ1n) is 9.30. The maximum atomic E-state index is 15.1. The van der Waals surface area contributed by atoms with E-state index in [1.165, 1.54) is 12.1 Å². The van der Waals surface area contributed by atoms with Crippen molar-refractivity contribution in [2.24, 2.45) is 0 Å². The summed E-state index contributed by atoms with van der Waals surface area (Å²) in [4.78, 5) is 0. The molecule has 3 rings (SSSR count). The third-order valence-corrected chi connectivity index (χ3v) is 4.65. The highest BCUT2D eigenvalue weighted by Gasteiger charge is 2.31. The molecular formula is C23H19F5O2. The number of aliphatic hydroxyl groups excluding tert-OH is 1. The van der Waals surface area contributed by atoms with Crippen LogP contribution in [0.5, 0.6) is 5.75 Å². The molecular weight excluding hydrogens is 403 g/mol. The summed E-state index contributed by atoms with van der Waals surface area (Å²) >= 11 is 0. The van der Waals surface area contributed by atoms with Gasteiger partial charge in [-0.25, -0.2) is 8.78 Å². The van der Waals surface area contributed by atoms with E-state index in [0.29, 0.717) is 11.1 Å². The van der Waals surface area contributed by atoms with Gasteiger partial charge in [0, 0.05) is 11.1 Å². The Morgan fingerprint density at radius 2 is 1.50 bits per heavy atom. The number of aliphatic hydroxyl groups is 1. The summed E-state index contributed by atoms with van der Waals surface area (Å²) in [6, 6.07) is 12.9. The van der Waals surface area contributed by atoms with Crippen molar-refractivity contribution in [1.82, 2.24) is 0 Å². The van der Waals surface area contributed by atoms with Gasteiger partial charge in [-0.1, -0.05) is 49.7 Å². The van der Waals surface area contributed by atoms with E-state index in [1.54, 1.807) is 12.1 Å². The number of benzene rings is 3. The van der Waals surface area contributed by atoms with Gasteiger partial charge >= 0.3 is 6.36 Å². The van der Waals surface area contributed by atoms with E-state index in [2.05, 4.69) is 4.74 Å². The van der Waals surface area contributed by atoms with Crippen molar-refractivity contribution in [2.45, 2.75) is 32.7 Å². The Kier molecular flexibility index (Phi) is 6.41. The van der Waals surface area contributed by atoms with Gasteiger partial charge in [0.15, 0.2) is 0 Å². The van der Waals surface area contributed by atoms with Crippen LogP contribution < -0.4 is 4.74 Å². The maximum absolute atomic E-state index is 15.1. The fourth-order valence-corrected chi connectivity index (χ4v) is 3.28. The monoisotopic (exact) mass is 422 g/mol. The first-order chi connectivity index (χ1) is 14.2. The summed E-state index contributed by atoms with van der Waals surface area (Å²) in [6.45, 7) is 1.21. The van der Waals surface area contributed by atoms with Gasteiger partial charge in [-0.15, -0.1) is 13.2 Å². The number of rotatable bonds is 6. The Bertz CT molecular complexity index is 1010. The van der Waals surface area contributed by atoms with Crippen molar-refractivity contribution in [3.63, 3.8) is 0 Å². The summed E-state index contributed by atoms with van der Waals surface area (Å²) < 4.78 is 70.5. The second kappa shape index (κ2) is 8.83. The SMILES string of the molecule is CCCc1ccc(-c2c(-c3ccc(OC(F)(F)F)cc3)cc(F)c(CO)c2F)cc1. The van der Waals surface area contributed by atoms with Crippen LogP contribution in [0, 0.1) is 11.6 Å². The number of alkyl halides is 3. The number of ether oxygens (including phenoxy) is 1. The van der Waals surface area contributed by atoms with Crippen LogP contribution in [0.4, 0.5) is 22.0 Å². The average molecular weight is 422 g/mol. The molecule has 0 aliphatic rings. The minimum Gasteiger partial charge on any atom is -0.406 e. The summed E-state index contributed by atoms with van der Waals surface area (Å²) in [5.41, 5.74) is 1.58. The molecule has 30 heavy (non-hydrogen) atoms. The van der Waals surface area contributed by atoms with E-state index < -0.39 is 35.9 Å². The van der Waals surface area contributed by atoms with Crippen molar-refractivity contribution in [3.8, 4) is 28.0 Å². The van der Waals surface area contributed by atoms with Crippen LogP contribution in [0.15, 0.2) is 54.6 Å². The van der Waals surface area contributed by atoms with Crippen molar-refractivity contribution < 1.29 is 31.8 Å². The van der Waals surface area contributed by atoms with Gasteiger partial charge in [0.05, 0.1) is 6.61 Å². The lowest BCUT2D eigenvalue weighted by atomic mass is 9.91. The van der Waals surface area contributed by atoms with E-state index in [0.717, 1.165) is 36.6 Å². The summed E-state index contributed by atoms with van der Waals surface area (Å²) in [5.74, 6) is -2.29. The maximum Gasteiger partial charge on any atom is 0.573 e. The zero-order valence-electron chi connectivity index (χ0n) is 16.1. The van der Waals surface area contributed by atoms with Gasteiger partial charge in [-0.3, -0.25) is 0 Å². The standard InChI is InChI=1S/C23H19F5O2/c1-2-3-14-4-6-16(7-5-14)21-18(12-20(24)19(13-29)22(21)25)15-8-10-17(11-9-15)30-23(26,27)28/h4-12,29H,2-3,13H2,1H3. The summed E-state index contributed by atoms with van der Waals surface area (Å²) in [7, 11) is 0. The Morgan fingerprint density at radius 1 is 0.900 bits per heavy atom. The molecule has 158 valence electrons. The molecule has 1 N–H and O–H groups in total. The minimum atomic E-state index is -4.84. The van der Waals surface area contributed by atoms with Crippen LogP contribution in [0.2, 0.25) is 0 Å². The van der Waals surface area contributed by atoms with Crippen LogP contribution in [0.3, 0.4) is 0 Å². The Morgan fingerprint density at radius 3 is 2.03 bits per heavy atom. The molecule has 0 aliphatic heterocycles. The molecule has 3 aromatic carbocycles. The zero-order chi connectivity index (χ0) is 21.9. The van der Waals surface area contributed by atoms with Crippen molar-refractivity contribution in [3.05, 3.63) is 77.4 Å². The lowest BCUT2D eigenvalue weighted by Gasteiger charge is -2.16. The zero-order valence-corrected chi connectivity index (χ0v) is 16.1. The number of hydrogen-bond donors (Lipinski definition) is 1. The number of aryl methyl sites for hydroxylation is 1. The van der Waals surface area contributed by atoms with Gasteiger partial charge in [0.25, 0.3) is 0 Å². The third-order valence-electron chi connectivity index (χ3n) is 4.65. The van der Waals surface area contributed by atoms with Gasteiger partial charge in [-0.05, 0) is 46.9 Å². The van der Waals surface area contributed by atoms with Crippen LogP contribution in [0.1, 0.15) is 24.5 Å². The van der Waals surface area contributed by atoms with E-state index in [1.807, 2.05) is 19.1 Å². The minimum absolute atomic E-state index is 0.0630. The van der Waals surface area contributed by atoms with Gasteiger partial charge in [0.2, 0.25) is 0 Å². The van der Waals surface area contributed by atoms with Crippen molar-refractivity contribution in [1.29, 1.82) is 0 Å². The molecule has 0 unspecified atom stereocenters. The van der Waals surface area contributed by atoms with Crippen LogP contribution in [0.25, 0.3) is 22.3 Å².